The van der Waals surface area contributed by atoms with Crippen LogP contribution in [-0.4, -0.2) is 10.9 Å². The summed E-state index contributed by atoms with van der Waals surface area (Å²) in [4.78, 5) is 15.6. The summed E-state index contributed by atoms with van der Waals surface area (Å²) < 4.78 is 5.21. The van der Waals surface area contributed by atoms with E-state index in [-0.39, 0.29) is 18.2 Å². The summed E-state index contributed by atoms with van der Waals surface area (Å²) in [5, 5.41) is 2.95. The van der Waals surface area contributed by atoms with E-state index in [1.165, 1.54) is 6.20 Å². The van der Waals surface area contributed by atoms with Crippen molar-refractivity contribution in [2.45, 2.75) is 6.54 Å². The molecule has 0 aliphatic carbocycles. The first-order valence-corrected chi connectivity index (χ1v) is 5.28. The molecule has 6 heteroatoms. The molecule has 2 aromatic rings. The molecule has 3 N–H and O–H groups in total. The molecule has 88 valence electrons. The van der Waals surface area contributed by atoms with Crippen LogP contribution in [0.15, 0.2) is 34.9 Å². The summed E-state index contributed by atoms with van der Waals surface area (Å²) in [6.07, 6.45) is 1.51. The highest BCUT2D eigenvalue weighted by Gasteiger charge is 2.11. The Morgan fingerprint density at radius 1 is 1.47 bits per heavy atom. The monoisotopic (exact) mass is 251 g/mol. The lowest BCUT2D eigenvalue weighted by Crippen LogP contribution is -2.10. The van der Waals surface area contributed by atoms with Gasteiger partial charge in [0, 0.05) is 11.9 Å². The summed E-state index contributed by atoms with van der Waals surface area (Å²) in [7, 11) is 0. The molecule has 1 amide bonds. The van der Waals surface area contributed by atoms with Gasteiger partial charge in [0.15, 0.2) is 5.76 Å². The molecule has 2 rings (SSSR count). The number of furan rings is 1. The number of amides is 1. The number of halogens is 1. The van der Waals surface area contributed by atoms with Crippen molar-refractivity contribution in [3.63, 3.8) is 0 Å². The Hall–Kier alpha value is -1.85. The molecule has 5 nitrogen and oxygen atoms in total. The maximum absolute atomic E-state index is 11.7. The first-order valence-electron chi connectivity index (χ1n) is 4.91. The Kier molecular flexibility index (Phi) is 3.41. The normalized spacial score (nSPS) is 10.2. The third-order valence-electron chi connectivity index (χ3n) is 2.07. The van der Waals surface area contributed by atoms with Crippen molar-refractivity contribution < 1.29 is 9.21 Å². The third kappa shape index (κ3) is 2.83. The lowest BCUT2D eigenvalue weighted by molar-refractivity contribution is 0.0995. The van der Waals surface area contributed by atoms with E-state index < -0.39 is 0 Å². The number of aromatic nitrogens is 1. The van der Waals surface area contributed by atoms with E-state index in [0.717, 1.165) is 0 Å². The van der Waals surface area contributed by atoms with Crippen LogP contribution in [0.2, 0.25) is 5.15 Å². The number of carbonyl (C=O) groups excluding carboxylic acids is 1. The van der Waals surface area contributed by atoms with Gasteiger partial charge in [0.05, 0.1) is 6.54 Å². The number of rotatable bonds is 3. The van der Waals surface area contributed by atoms with Crippen LogP contribution in [0.3, 0.4) is 0 Å². The van der Waals surface area contributed by atoms with E-state index in [0.29, 0.717) is 16.6 Å². The smallest absolute Gasteiger partial charge is 0.291 e. The van der Waals surface area contributed by atoms with Gasteiger partial charge in [-0.1, -0.05) is 11.6 Å². The zero-order valence-corrected chi connectivity index (χ0v) is 9.57. The van der Waals surface area contributed by atoms with E-state index in [4.69, 9.17) is 21.8 Å². The topological polar surface area (TPSA) is 81.2 Å². The summed E-state index contributed by atoms with van der Waals surface area (Å²) in [6.45, 7) is 0.258. The summed E-state index contributed by atoms with van der Waals surface area (Å²) in [5.41, 5.74) is 5.94. The molecule has 0 unspecified atom stereocenters. The number of nitrogens with zero attached hydrogens (tertiary/aromatic N) is 1. The zero-order chi connectivity index (χ0) is 12.3. The van der Waals surface area contributed by atoms with Crippen LogP contribution in [0, 0.1) is 0 Å². The second kappa shape index (κ2) is 4.99. The predicted molar refractivity (Wildman–Crippen MR) is 63.8 cm³/mol. The predicted octanol–water partition coefficient (Wildman–Crippen LogP) is 2.04. The maximum atomic E-state index is 11.7. The van der Waals surface area contributed by atoms with Crippen LogP contribution in [0.25, 0.3) is 0 Å². The Balaban J connectivity index is 2.11. The van der Waals surface area contributed by atoms with Gasteiger partial charge in [-0.25, -0.2) is 4.98 Å². The fourth-order valence-corrected chi connectivity index (χ4v) is 1.46. The van der Waals surface area contributed by atoms with Gasteiger partial charge in [0.2, 0.25) is 0 Å². The molecule has 0 radical (unpaired) electrons. The number of hydrogen-bond acceptors (Lipinski definition) is 4. The summed E-state index contributed by atoms with van der Waals surface area (Å²) in [6, 6.07) is 6.41. The quantitative estimate of drug-likeness (QED) is 0.818. The van der Waals surface area contributed by atoms with E-state index in [9.17, 15) is 4.79 Å². The SMILES string of the molecule is NCc1ccc(C(=O)Nc2ccnc(Cl)c2)o1. The lowest BCUT2D eigenvalue weighted by atomic mass is 10.3. The van der Waals surface area contributed by atoms with Crippen molar-refractivity contribution in [2.75, 3.05) is 5.32 Å². The van der Waals surface area contributed by atoms with E-state index in [1.54, 1.807) is 24.3 Å². The van der Waals surface area contributed by atoms with E-state index >= 15 is 0 Å². The molecule has 0 aliphatic rings. The molecule has 0 bridgehead atoms. The van der Waals surface area contributed by atoms with Crippen LogP contribution in [0.5, 0.6) is 0 Å². The van der Waals surface area contributed by atoms with Crippen molar-refractivity contribution in [1.29, 1.82) is 0 Å². The second-order valence-corrected chi connectivity index (χ2v) is 3.68. The molecule has 17 heavy (non-hydrogen) atoms. The van der Waals surface area contributed by atoms with Crippen molar-refractivity contribution >= 4 is 23.2 Å². The molecule has 0 spiro atoms. The number of pyridine rings is 1. The van der Waals surface area contributed by atoms with Crippen LogP contribution in [-0.2, 0) is 6.54 Å². The van der Waals surface area contributed by atoms with Gasteiger partial charge in [-0.2, -0.15) is 0 Å². The summed E-state index contributed by atoms with van der Waals surface area (Å²) >= 11 is 5.70. The van der Waals surface area contributed by atoms with Crippen molar-refractivity contribution in [3.05, 3.63) is 47.1 Å². The van der Waals surface area contributed by atoms with Gasteiger partial charge < -0.3 is 15.5 Å². The Bertz CT molecular complexity index is 539. The maximum Gasteiger partial charge on any atom is 0.291 e. The molecule has 0 aromatic carbocycles. The summed E-state index contributed by atoms with van der Waals surface area (Å²) in [5.74, 6) is 0.410. The molecular formula is C11H10ClN3O2. The minimum absolute atomic E-state index is 0.207. The minimum atomic E-state index is -0.355. The number of nitrogens with two attached hydrogens (primary N) is 1. The van der Waals surface area contributed by atoms with Gasteiger partial charge in [0.1, 0.15) is 10.9 Å². The molecule has 0 saturated heterocycles. The van der Waals surface area contributed by atoms with Crippen LogP contribution < -0.4 is 11.1 Å². The van der Waals surface area contributed by atoms with Gasteiger partial charge in [-0.3, -0.25) is 4.79 Å². The largest absolute Gasteiger partial charge is 0.455 e. The standard InChI is InChI=1S/C11H10ClN3O2/c12-10-5-7(3-4-14-10)15-11(16)9-2-1-8(6-13)17-9/h1-5H,6,13H2,(H,14,15,16). The highest BCUT2D eigenvalue weighted by Crippen LogP contribution is 2.14. The van der Waals surface area contributed by atoms with E-state index in [2.05, 4.69) is 10.3 Å². The van der Waals surface area contributed by atoms with Crippen molar-refractivity contribution in [3.8, 4) is 0 Å². The van der Waals surface area contributed by atoms with Crippen LogP contribution in [0.1, 0.15) is 16.3 Å². The van der Waals surface area contributed by atoms with Gasteiger partial charge in [-0.05, 0) is 24.3 Å². The van der Waals surface area contributed by atoms with E-state index in [1.807, 2.05) is 0 Å². The van der Waals surface area contributed by atoms with Crippen LogP contribution in [0.4, 0.5) is 5.69 Å². The molecule has 0 aliphatic heterocycles. The fourth-order valence-electron chi connectivity index (χ4n) is 1.28. The zero-order valence-electron chi connectivity index (χ0n) is 8.81. The molecule has 2 heterocycles. The number of carbonyl (C=O) groups is 1. The lowest BCUT2D eigenvalue weighted by Gasteiger charge is -2.02. The minimum Gasteiger partial charge on any atom is -0.455 e. The third-order valence-corrected chi connectivity index (χ3v) is 2.28. The Morgan fingerprint density at radius 2 is 2.29 bits per heavy atom. The highest BCUT2D eigenvalue weighted by atomic mass is 35.5. The Labute approximate surface area is 103 Å². The molecule has 0 fully saturated rings. The molecule has 2 aromatic heterocycles. The Morgan fingerprint density at radius 3 is 2.94 bits per heavy atom. The fraction of sp³-hybridized carbons (Fsp3) is 0.0909. The highest BCUT2D eigenvalue weighted by molar-refractivity contribution is 6.29. The number of anilines is 1. The first kappa shape index (κ1) is 11.6. The van der Waals surface area contributed by atoms with Gasteiger partial charge in [0.25, 0.3) is 5.91 Å². The van der Waals surface area contributed by atoms with Crippen molar-refractivity contribution in [1.82, 2.24) is 4.98 Å². The molecule has 0 saturated carbocycles. The van der Waals surface area contributed by atoms with Crippen LogP contribution >= 0.6 is 11.6 Å². The average molecular weight is 252 g/mol. The molecular weight excluding hydrogens is 242 g/mol. The number of nitrogens with one attached hydrogen (secondary N) is 1. The first-order chi connectivity index (χ1) is 8.19. The number of hydrogen-bond donors (Lipinski definition) is 2. The van der Waals surface area contributed by atoms with Gasteiger partial charge in [-0.15, -0.1) is 0 Å². The average Bonchev–Trinajstić information content (AvgIpc) is 2.77. The molecule has 0 atom stereocenters. The second-order valence-electron chi connectivity index (χ2n) is 3.29. The van der Waals surface area contributed by atoms with Crippen molar-refractivity contribution in [2.24, 2.45) is 5.73 Å². The van der Waals surface area contributed by atoms with Gasteiger partial charge >= 0.3 is 0 Å².